The highest BCUT2D eigenvalue weighted by atomic mass is 28.3. The molecule has 0 aromatic carbocycles. The summed E-state index contributed by atoms with van der Waals surface area (Å²) in [4.78, 5) is 0. The molecule has 0 aliphatic rings. The summed E-state index contributed by atoms with van der Waals surface area (Å²) in [5, 5.41) is 0. The molecular formula is C8H20O3Si. The molecule has 0 amide bonds. The van der Waals surface area contributed by atoms with Gasteiger partial charge in [0.15, 0.2) is 0 Å². The summed E-state index contributed by atoms with van der Waals surface area (Å²) in [6, 6.07) is 0. The molecule has 4 heteroatoms. The molecule has 0 bridgehead atoms. The van der Waals surface area contributed by atoms with Crippen molar-refractivity contribution in [2.75, 3.05) is 6.61 Å². The van der Waals surface area contributed by atoms with Gasteiger partial charge in [-0.3, -0.25) is 0 Å². The molecule has 0 N–H and O–H groups in total. The van der Waals surface area contributed by atoms with Crippen LogP contribution in [0.5, 0.6) is 0 Å². The third-order valence-corrected chi connectivity index (χ3v) is 3.21. The van der Waals surface area contributed by atoms with Gasteiger partial charge in [0.25, 0.3) is 0 Å². The Morgan fingerprint density at radius 2 is 1.42 bits per heavy atom. The van der Waals surface area contributed by atoms with Gasteiger partial charge in [-0.15, -0.1) is 0 Å². The highest BCUT2D eigenvalue weighted by Crippen LogP contribution is 2.01. The molecule has 0 unspecified atom stereocenters. The van der Waals surface area contributed by atoms with Crippen LogP contribution in [0.2, 0.25) is 0 Å². The summed E-state index contributed by atoms with van der Waals surface area (Å²) >= 11 is 0. The molecule has 0 saturated carbocycles. The molecule has 74 valence electrons. The minimum absolute atomic E-state index is 0.187. The molecule has 0 aromatic rings. The minimum atomic E-state index is -1.85. The molecular weight excluding hydrogens is 172 g/mol. The van der Waals surface area contributed by atoms with Crippen LogP contribution in [-0.4, -0.2) is 28.3 Å². The van der Waals surface area contributed by atoms with Crippen LogP contribution >= 0.6 is 0 Å². The standard InChI is InChI=1S/C8H20O3Si/c1-6-9-12(10-7(2)3)11-8(4)5/h7-8,12H,6H2,1-5H3. The van der Waals surface area contributed by atoms with E-state index in [1.54, 1.807) is 0 Å². The van der Waals surface area contributed by atoms with E-state index in [0.717, 1.165) is 0 Å². The Morgan fingerprint density at radius 1 is 1.00 bits per heavy atom. The average molecular weight is 192 g/mol. The molecule has 0 atom stereocenters. The van der Waals surface area contributed by atoms with E-state index >= 15 is 0 Å². The zero-order valence-corrected chi connectivity index (χ0v) is 9.82. The topological polar surface area (TPSA) is 27.7 Å². The first-order chi connectivity index (χ1) is 5.56. The van der Waals surface area contributed by atoms with Crippen molar-refractivity contribution in [1.29, 1.82) is 0 Å². The monoisotopic (exact) mass is 192 g/mol. The highest BCUT2D eigenvalue weighted by molar-refractivity contribution is 6.36. The maximum absolute atomic E-state index is 5.50. The number of rotatable bonds is 6. The fourth-order valence-corrected chi connectivity index (χ4v) is 2.07. The molecule has 0 spiro atoms. The summed E-state index contributed by atoms with van der Waals surface area (Å²) in [6.45, 7) is 10.6. The Labute approximate surface area is 77.0 Å². The van der Waals surface area contributed by atoms with Crippen LogP contribution in [0, 0.1) is 0 Å². The van der Waals surface area contributed by atoms with Crippen LogP contribution in [0.1, 0.15) is 34.6 Å². The lowest BCUT2D eigenvalue weighted by Gasteiger charge is -2.20. The summed E-state index contributed by atoms with van der Waals surface area (Å²) in [5.74, 6) is 0. The van der Waals surface area contributed by atoms with Crippen molar-refractivity contribution >= 4 is 9.53 Å². The van der Waals surface area contributed by atoms with Gasteiger partial charge in [0, 0.05) is 18.8 Å². The van der Waals surface area contributed by atoms with Crippen molar-refractivity contribution in [2.24, 2.45) is 0 Å². The van der Waals surface area contributed by atoms with Gasteiger partial charge in [-0.1, -0.05) is 0 Å². The van der Waals surface area contributed by atoms with E-state index in [1.807, 2.05) is 34.6 Å². The second kappa shape index (κ2) is 6.60. The van der Waals surface area contributed by atoms with Crippen LogP contribution in [0.25, 0.3) is 0 Å². The van der Waals surface area contributed by atoms with Gasteiger partial charge in [0.1, 0.15) is 0 Å². The summed E-state index contributed by atoms with van der Waals surface area (Å²) in [6.07, 6.45) is 0.374. The summed E-state index contributed by atoms with van der Waals surface area (Å²) in [7, 11) is -1.85. The van der Waals surface area contributed by atoms with Gasteiger partial charge in [-0.25, -0.2) is 0 Å². The van der Waals surface area contributed by atoms with Gasteiger partial charge >= 0.3 is 9.53 Å². The van der Waals surface area contributed by atoms with E-state index in [-0.39, 0.29) is 12.2 Å². The molecule has 0 saturated heterocycles. The Hall–Kier alpha value is 0.0969. The van der Waals surface area contributed by atoms with E-state index in [9.17, 15) is 0 Å². The van der Waals surface area contributed by atoms with Crippen LogP contribution in [0.15, 0.2) is 0 Å². The molecule has 0 rings (SSSR count). The van der Waals surface area contributed by atoms with Gasteiger partial charge in [0.2, 0.25) is 0 Å². The Balaban J connectivity index is 3.69. The largest absolute Gasteiger partial charge is 0.484 e. The van der Waals surface area contributed by atoms with Crippen molar-refractivity contribution in [3.63, 3.8) is 0 Å². The summed E-state index contributed by atoms with van der Waals surface area (Å²) in [5.41, 5.74) is 0. The lowest BCUT2D eigenvalue weighted by Crippen LogP contribution is -2.32. The fourth-order valence-electron chi connectivity index (χ4n) is 0.691. The van der Waals surface area contributed by atoms with Crippen molar-refractivity contribution in [2.45, 2.75) is 46.8 Å². The zero-order chi connectivity index (χ0) is 9.56. The van der Waals surface area contributed by atoms with Crippen LogP contribution in [0.4, 0.5) is 0 Å². The smallest absolute Gasteiger partial charge is 0.376 e. The predicted molar refractivity (Wildman–Crippen MR) is 51.2 cm³/mol. The molecule has 0 fully saturated rings. The minimum Gasteiger partial charge on any atom is -0.376 e. The van der Waals surface area contributed by atoms with E-state index < -0.39 is 9.53 Å². The lowest BCUT2D eigenvalue weighted by atomic mass is 10.5. The van der Waals surface area contributed by atoms with E-state index in [0.29, 0.717) is 6.61 Å². The number of hydrogen-bond acceptors (Lipinski definition) is 3. The third-order valence-electron chi connectivity index (χ3n) is 1.07. The van der Waals surface area contributed by atoms with Crippen LogP contribution < -0.4 is 0 Å². The van der Waals surface area contributed by atoms with Crippen molar-refractivity contribution < 1.29 is 13.3 Å². The molecule has 0 aliphatic carbocycles. The van der Waals surface area contributed by atoms with Gasteiger partial charge in [-0.2, -0.15) is 0 Å². The molecule has 0 heterocycles. The van der Waals surface area contributed by atoms with Crippen LogP contribution in [-0.2, 0) is 13.3 Å². The third kappa shape index (κ3) is 6.79. The Morgan fingerprint density at radius 3 is 1.67 bits per heavy atom. The maximum atomic E-state index is 5.50. The fraction of sp³-hybridized carbons (Fsp3) is 1.00. The quantitative estimate of drug-likeness (QED) is 0.598. The van der Waals surface area contributed by atoms with Gasteiger partial charge in [0.05, 0.1) is 0 Å². The number of hydrogen-bond donors (Lipinski definition) is 0. The molecule has 12 heavy (non-hydrogen) atoms. The van der Waals surface area contributed by atoms with E-state index in [4.69, 9.17) is 13.3 Å². The van der Waals surface area contributed by atoms with Crippen LogP contribution in [0.3, 0.4) is 0 Å². The molecule has 3 nitrogen and oxygen atoms in total. The molecule has 0 aliphatic heterocycles. The second-order valence-electron chi connectivity index (χ2n) is 3.11. The first-order valence-corrected chi connectivity index (χ1v) is 5.90. The van der Waals surface area contributed by atoms with Gasteiger partial charge < -0.3 is 13.3 Å². The first kappa shape index (κ1) is 12.1. The van der Waals surface area contributed by atoms with Crippen molar-refractivity contribution in [3.8, 4) is 0 Å². The van der Waals surface area contributed by atoms with Gasteiger partial charge in [-0.05, 0) is 34.6 Å². The second-order valence-corrected chi connectivity index (χ2v) is 4.57. The molecule has 0 radical (unpaired) electrons. The molecule has 0 aromatic heterocycles. The Bertz CT molecular complexity index is 96.5. The normalized spacial score (nSPS) is 12.0. The predicted octanol–water partition coefficient (Wildman–Crippen LogP) is 1.59. The average Bonchev–Trinajstić information content (AvgIpc) is 1.84. The summed E-state index contributed by atoms with van der Waals surface area (Å²) < 4.78 is 16.4. The highest BCUT2D eigenvalue weighted by Gasteiger charge is 2.17. The van der Waals surface area contributed by atoms with E-state index in [1.165, 1.54) is 0 Å². The lowest BCUT2D eigenvalue weighted by molar-refractivity contribution is 0.0534. The van der Waals surface area contributed by atoms with Crippen molar-refractivity contribution in [3.05, 3.63) is 0 Å². The van der Waals surface area contributed by atoms with Crippen molar-refractivity contribution in [1.82, 2.24) is 0 Å². The maximum Gasteiger partial charge on any atom is 0.484 e. The SMILES string of the molecule is CCO[SiH](OC(C)C)OC(C)C. The first-order valence-electron chi connectivity index (χ1n) is 4.48. The Kier molecular flexibility index (Phi) is 6.65. The van der Waals surface area contributed by atoms with E-state index in [2.05, 4.69) is 0 Å². The zero-order valence-electron chi connectivity index (χ0n) is 8.66.